The fraction of sp³-hybridized carbons (Fsp3) is 0.727. The minimum Gasteiger partial charge on any atom is -0.381 e. The second-order valence-electron chi connectivity index (χ2n) is 4.47. The quantitative estimate of drug-likeness (QED) is 0.748. The number of nitrogens with one attached hydrogen (secondary N) is 2. The molecule has 1 atom stereocenters. The van der Waals surface area contributed by atoms with Crippen LogP contribution in [0.2, 0.25) is 0 Å². The van der Waals surface area contributed by atoms with Gasteiger partial charge in [0, 0.05) is 39.1 Å². The lowest BCUT2D eigenvalue weighted by Gasteiger charge is -2.09. The molecule has 0 spiro atoms. The molecule has 3 heterocycles. The zero-order valence-corrected chi connectivity index (χ0v) is 8.88. The summed E-state index contributed by atoms with van der Waals surface area (Å²) >= 11 is 0. The summed E-state index contributed by atoms with van der Waals surface area (Å²) in [6, 6.07) is 0. The summed E-state index contributed by atoms with van der Waals surface area (Å²) in [7, 11) is 0. The summed E-state index contributed by atoms with van der Waals surface area (Å²) in [5, 5.41) is 3.35. The van der Waals surface area contributed by atoms with Crippen LogP contribution in [0.3, 0.4) is 0 Å². The van der Waals surface area contributed by atoms with Gasteiger partial charge in [0.2, 0.25) is 0 Å². The first kappa shape index (κ1) is 9.36. The van der Waals surface area contributed by atoms with Crippen molar-refractivity contribution in [3.8, 4) is 0 Å². The Bertz CT molecular complexity index is 318. The monoisotopic (exact) mass is 207 g/mol. The molecule has 3 rings (SSSR count). The highest BCUT2D eigenvalue weighted by Gasteiger charge is 2.19. The van der Waals surface area contributed by atoms with E-state index in [-0.39, 0.29) is 0 Å². The van der Waals surface area contributed by atoms with Crippen molar-refractivity contribution in [1.29, 1.82) is 0 Å². The molecule has 82 valence electrons. The van der Waals surface area contributed by atoms with Crippen LogP contribution in [-0.2, 0) is 24.1 Å². The van der Waals surface area contributed by atoms with Gasteiger partial charge in [0.1, 0.15) is 5.82 Å². The molecule has 1 aromatic heterocycles. The first-order valence-corrected chi connectivity index (χ1v) is 5.77. The zero-order chi connectivity index (χ0) is 10.1. The van der Waals surface area contributed by atoms with E-state index in [0.717, 1.165) is 45.0 Å². The van der Waals surface area contributed by atoms with E-state index in [1.807, 2.05) is 0 Å². The maximum atomic E-state index is 5.38. The molecule has 4 nitrogen and oxygen atoms in total. The average Bonchev–Trinajstić information content (AvgIpc) is 2.86. The van der Waals surface area contributed by atoms with Gasteiger partial charge in [-0.05, 0) is 12.3 Å². The summed E-state index contributed by atoms with van der Waals surface area (Å²) in [5.74, 6) is 1.82. The molecule has 0 aliphatic carbocycles. The summed E-state index contributed by atoms with van der Waals surface area (Å²) < 4.78 is 5.38. The summed E-state index contributed by atoms with van der Waals surface area (Å²) in [4.78, 5) is 8.09. The number of nitrogens with zero attached hydrogens (tertiary/aromatic N) is 1. The molecular weight excluding hydrogens is 190 g/mol. The van der Waals surface area contributed by atoms with Crippen LogP contribution in [-0.4, -0.2) is 29.7 Å². The van der Waals surface area contributed by atoms with Crippen molar-refractivity contribution >= 4 is 0 Å². The predicted octanol–water partition coefficient (Wildman–Crippen LogP) is 0.634. The Morgan fingerprint density at radius 2 is 2.47 bits per heavy atom. The van der Waals surface area contributed by atoms with E-state index in [2.05, 4.69) is 15.3 Å². The molecule has 0 radical (unpaired) electrons. The normalized spacial score (nSPS) is 25.5. The van der Waals surface area contributed by atoms with Crippen molar-refractivity contribution in [3.63, 3.8) is 0 Å². The van der Waals surface area contributed by atoms with E-state index in [0.29, 0.717) is 5.92 Å². The van der Waals surface area contributed by atoms with Crippen molar-refractivity contribution in [2.24, 2.45) is 5.92 Å². The lowest BCUT2D eigenvalue weighted by Crippen LogP contribution is -2.23. The minimum absolute atomic E-state index is 0.672. The molecule has 4 heteroatoms. The Morgan fingerprint density at radius 3 is 3.27 bits per heavy atom. The number of hydrogen-bond donors (Lipinski definition) is 2. The number of hydrogen-bond acceptors (Lipinski definition) is 3. The van der Waals surface area contributed by atoms with E-state index < -0.39 is 0 Å². The predicted molar refractivity (Wildman–Crippen MR) is 56.6 cm³/mol. The molecule has 2 aliphatic heterocycles. The molecule has 2 aliphatic rings. The van der Waals surface area contributed by atoms with Crippen LogP contribution < -0.4 is 5.32 Å². The first-order chi connectivity index (χ1) is 7.42. The van der Waals surface area contributed by atoms with Gasteiger partial charge in [0.15, 0.2) is 0 Å². The van der Waals surface area contributed by atoms with Gasteiger partial charge in [-0.3, -0.25) is 0 Å². The number of aromatic nitrogens is 2. The third-order valence-electron chi connectivity index (χ3n) is 3.26. The van der Waals surface area contributed by atoms with Gasteiger partial charge < -0.3 is 15.0 Å². The Hall–Kier alpha value is -0.870. The highest BCUT2D eigenvalue weighted by Crippen LogP contribution is 2.18. The average molecular weight is 207 g/mol. The van der Waals surface area contributed by atoms with Crippen LogP contribution in [0.25, 0.3) is 0 Å². The molecule has 1 unspecified atom stereocenters. The van der Waals surface area contributed by atoms with E-state index in [1.165, 1.54) is 17.8 Å². The SMILES string of the molecule is C1Cc2nc(CC3CCOC3)[nH]c2CN1. The van der Waals surface area contributed by atoms with Crippen LogP contribution >= 0.6 is 0 Å². The third kappa shape index (κ3) is 1.92. The highest BCUT2D eigenvalue weighted by atomic mass is 16.5. The second kappa shape index (κ2) is 3.94. The molecule has 1 saturated heterocycles. The van der Waals surface area contributed by atoms with Crippen molar-refractivity contribution in [2.75, 3.05) is 19.8 Å². The van der Waals surface area contributed by atoms with Crippen molar-refractivity contribution in [3.05, 3.63) is 17.2 Å². The Balaban J connectivity index is 1.72. The summed E-state index contributed by atoms with van der Waals surface area (Å²) in [5.41, 5.74) is 2.55. The van der Waals surface area contributed by atoms with Crippen molar-refractivity contribution < 1.29 is 4.74 Å². The molecular formula is C11H17N3O. The van der Waals surface area contributed by atoms with Crippen molar-refractivity contribution in [2.45, 2.75) is 25.8 Å². The lowest BCUT2D eigenvalue weighted by molar-refractivity contribution is 0.185. The summed E-state index contributed by atoms with van der Waals surface area (Å²) in [6.45, 7) is 3.84. The van der Waals surface area contributed by atoms with Crippen LogP contribution in [0.1, 0.15) is 23.6 Å². The number of aromatic amines is 1. The van der Waals surface area contributed by atoms with E-state index in [9.17, 15) is 0 Å². The van der Waals surface area contributed by atoms with E-state index in [1.54, 1.807) is 0 Å². The van der Waals surface area contributed by atoms with Crippen LogP contribution in [0.15, 0.2) is 0 Å². The molecule has 0 amide bonds. The van der Waals surface area contributed by atoms with Gasteiger partial charge >= 0.3 is 0 Å². The number of H-pyrrole nitrogens is 1. The topological polar surface area (TPSA) is 49.9 Å². The second-order valence-corrected chi connectivity index (χ2v) is 4.47. The summed E-state index contributed by atoms with van der Waals surface area (Å²) in [6.07, 6.45) is 3.30. The molecule has 1 fully saturated rings. The van der Waals surface area contributed by atoms with E-state index >= 15 is 0 Å². The molecule has 1 aromatic rings. The van der Waals surface area contributed by atoms with Crippen LogP contribution in [0, 0.1) is 5.92 Å². The molecule has 0 saturated carbocycles. The Kier molecular flexibility index (Phi) is 2.46. The van der Waals surface area contributed by atoms with E-state index in [4.69, 9.17) is 4.74 Å². The minimum atomic E-state index is 0.672. The van der Waals surface area contributed by atoms with Gasteiger partial charge in [-0.25, -0.2) is 4.98 Å². The molecule has 0 aromatic carbocycles. The van der Waals surface area contributed by atoms with Gasteiger partial charge in [0.05, 0.1) is 11.4 Å². The zero-order valence-electron chi connectivity index (χ0n) is 8.88. The smallest absolute Gasteiger partial charge is 0.106 e. The van der Waals surface area contributed by atoms with Gasteiger partial charge in [-0.2, -0.15) is 0 Å². The Labute approximate surface area is 89.4 Å². The highest BCUT2D eigenvalue weighted by molar-refractivity contribution is 5.17. The standard InChI is InChI=1S/C11H17N3O/c1-3-12-6-10-9(1)13-11(14-10)5-8-2-4-15-7-8/h8,12H,1-7H2,(H,13,14). The molecule has 2 N–H and O–H groups in total. The van der Waals surface area contributed by atoms with Gasteiger partial charge in [-0.15, -0.1) is 0 Å². The number of fused-ring (bicyclic) bond motifs is 1. The van der Waals surface area contributed by atoms with Crippen LogP contribution in [0.5, 0.6) is 0 Å². The number of ether oxygens (including phenoxy) is 1. The maximum Gasteiger partial charge on any atom is 0.106 e. The third-order valence-corrected chi connectivity index (χ3v) is 3.26. The van der Waals surface area contributed by atoms with Gasteiger partial charge in [0.25, 0.3) is 0 Å². The van der Waals surface area contributed by atoms with Crippen LogP contribution in [0.4, 0.5) is 0 Å². The Morgan fingerprint density at radius 1 is 1.47 bits per heavy atom. The lowest BCUT2D eigenvalue weighted by atomic mass is 10.1. The number of imidazole rings is 1. The first-order valence-electron chi connectivity index (χ1n) is 5.77. The maximum absolute atomic E-state index is 5.38. The largest absolute Gasteiger partial charge is 0.381 e. The van der Waals surface area contributed by atoms with Crippen molar-refractivity contribution in [1.82, 2.24) is 15.3 Å². The molecule has 15 heavy (non-hydrogen) atoms. The molecule has 0 bridgehead atoms. The number of rotatable bonds is 2. The fourth-order valence-electron chi connectivity index (χ4n) is 2.39. The fourth-order valence-corrected chi connectivity index (χ4v) is 2.39. The van der Waals surface area contributed by atoms with Gasteiger partial charge in [-0.1, -0.05) is 0 Å².